The fourth-order valence-corrected chi connectivity index (χ4v) is 2.50. The molecule has 0 atom stereocenters. The Balaban J connectivity index is 0.00000420. The van der Waals surface area contributed by atoms with Crippen molar-refractivity contribution in [2.75, 3.05) is 26.2 Å². The van der Waals surface area contributed by atoms with E-state index in [-0.39, 0.29) is 35.7 Å². The van der Waals surface area contributed by atoms with Crippen LogP contribution in [0, 0.1) is 12.7 Å². The van der Waals surface area contributed by atoms with Gasteiger partial charge in [-0.05, 0) is 49.6 Å². The quantitative estimate of drug-likeness (QED) is 0.160. The number of aliphatic imine (C=N–C) groups is 1. The minimum absolute atomic E-state index is 0. The number of rotatable bonds is 8. The zero-order chi connectivity index (χ0) is 20.4. The summed E-state index contributed by atoms with van der Waals surface area (Å²) in [6.45, 7) is 5.84. The smallest absolute Gasteiger partial charge is 0.251 e. The van der Waals surface area contributed by atoms with E-state index in [0.29, 0.717) is 41.9 Å². The molecule has 0 saturated heterocycles. The number of aryl methyl sites for hydroxylation is 1. The number of nitrogens with zero attached hydrogens (tertiary/aromatic N) is 2. The average molecular weight is 534 g/mol. The summed E-state index contributed by atoms with van der Waals surface area (Å²) in [5.41, 5.74) is 1.88. The third kappa shape index (κ3) is 8.95. The van der Waals surface area contributed by atoms with Crippen molar-refractivity contribution >= 4 is 47.4 Å². The Morgan fingerprint density at radius 3 is 2.59 bits per heavy atom. The van der Waals surface area contributed by atoms with Crippen molar-refractivity contribution in [2.24, 2.45) is 4.99 Å². The van der Waals surface area contributed by atoms with Crippen LogP contribution in [-0.2, 0) is 6.42 Å². The van der Waals surface area contributed by atoms with E-state index >= 15 is 0 Å². The van der Waals surface area contributed by atoms with Gasteiger partial charge < -0.3 is 16.0 Å². The molecule has 1 aromatic heterocycles. The van der Waals surface area contributed by atoms with Crippen LogP contribution in [0.5, 0.6) is 0 Å². The summed E-state index contributed by atoms with van der Waals surface area (Å²) in [5, 5.41) is 9.54. The molecular weight excluding hydrogens is 508 g/mol. The SMILES string of the molecule is CCNC(=NCCc1ccc(Cl)nc1)NCCNC(=O)c1ccc(C)c(F)c1.I. The molecule has 29 heavy (non-hydrogen) atoms. The Kier molecular flexibility index (Phi) is 11.5. The number of amides is 1. The predicted octanol–water partition coefficient (Wildman–Crippen LogP) is 3.33. The van der Waals surface area contributed by atoms with E-state index in [1.165, 1.54) is 6.07 Å². The molecule has 1 amide bonds. The first kappa shape index (κ1) is 25.1. The third-order valence-corrected chi connectivity index (χ3v) is 4.16. The van der Waals surface area contributed by atoms with E-state index in [4.69, 9.17) is 11.6 Å². The molecule has 2 aromatic rings. The maximum Gasteiger partial charge on any atom is 0.251 e. The van der Waals surface area contributed by atoms with Crippen LogP contribution >= 0.6 is 35.6 Å². The van der Waals surface area contributed by atoms with Crippen molar-refractivity contribution in [3.05, 3.63) is 64.2 Å². The second-order valence-electron chi connectivity index (χ2n) is 6.15. The highest BCUT2D eigenvalue weighted by atomic mass is 127. The lowest BCUT2D eigenvalue weighted by Gasteiger charge is -2.12. The normalized spacial score (nSPS) is 10.8. The molecule has 3 N–H and O–H groups in total. The van der Waals surface area contributed by atoms with E-state index in [0.717, 1.165) is 18.5 Å². The molecule has 0 unspecified atom stereocenters. The summed E-state index contributed by atoms with van der Waals surface area (Å²) in [7, 11) is 0. The van der Waals surface area contributed by atoms with Crippen molar-refractivity contribution in [3.63, 3.8) is 0 Å². The number of pyridine rings is 1. The van der Waals surface area contributed by atoms with Crippen LogP contribution < -0.4 is 16.0 Å². The molecule has 0 aliphatic rings. The molecule has 0 saturated carbocycles. The van der Waals surface area contributed by atoms with Crippen molar-refractivity contribution in [1.82, 2.24) is 20.9 Å². The summed E-state index contributed by atoms with van der Waals surface area (Å²) >= 11 is 5.78. The fourth-order valence-electron chi connectivity index (χ4n) is 2.39. The number of carbonyl (C=O) groups excluding carboxylic acids is 1. The molecule has 0 spiro atoms. The Labute approximate surface area is 192 Å². The molecule has 0 radical (unpaired) electrons. The van der Waals surface area contributed by atoms with Crippen LogP contribution in [0.1, 0.15) is 28.4 Å². The van der Waals surface area contributed by atoms with Crippen molar-refractivity contribution in [1.29, 1.82) is 0 Å². The van der Waals surface area contributed by atoms with Crippen molar-refractivity contribution < 1.29 is 9.18 Å². The van der Waals surface area contributed by atoms with Crippen molar-refractivity contribution in [2.45, 2.75) is 20.3 Å². The first-order valence-electron chi connectivity index (χ1n) is 9.16. The van der Waals surface area contributed by atoms with Gasteiger partial charge in [-0.15, -0.1) is 24.0 Å². The first-order valence-corrected chi connectivity index (χ1v) is 9.54. The van der Waals surface area contributed by atoms with E-state index in [1.54, 1.807) is 31.3 Å². The molecule has 0 aliphatic heterocycles. The highest BCUT2D eigenvalue weighted by Crippen LogP contribution is 2.09. The number of halogens is 3. The first-order chi connectivity index (χ1) is 13.5. The zero-order valence-electron chi connectivity index (χ0n) is 16.5. The maximum absolute atomic E-state index is 13.6. The number of aromatic nitrogens is 1. The van der Waals surface area contributed by atoms with Gasteiger partial charge >= 0.3 is 0 Å². The Morgan fingerprint density at radius 2 is 1.93 bits per heavy atom. The highest BCUT2D eigenvalue weighted by Gasteiger charge is 2.07. The largest absolute Gasteiger partial charge is 0.357 e. The standard InChI is InChI=1S/C20H25ClFN5O.HI/c1-3-23-20(25-9-8-15-5-7-18(21)27-13-15)26-11-10-24-19(28)16-6-4-14(2)17(22)12-16;/h4-7,12-13H,3,8-11H2,1-2H3,(H,24,28)(H2,23,25,26);1H. The van der Waals surface area contributed by atoms with E-state index in [2.05, 4.69) is 25.9 Å². The number of guanidine groups is 1. The number of carbonyl (C=O) groups is 1. The van der Waals surface area contributed by atoms with Gasteiger partial charge in [0.1, 0.15) is 11.0 Å². The number of hydrogen-bond acceptors (Lipinski definition) is 3. The molecular formula is C20H26ClFIN5O. The van der Waals surface area contributed by atoms with Gasteiger partial charge in [0.2, 0.25) is 0 Å². The summed E-state index contributed by atoms with van der Waals surface area (Å²) < 4.78 is 13.6. The number of nitrogens with one attached hydrogen (secondary N) is 3. The predicted molar refractivity (Wildman–Crippen MR) is 126 cm³/mol. The number of hydrogen-bond donors (Lipinski definition) is 3. The molecule has 1 aromatic carbocycles. The Hall–Kier alpha value is -1.94. The number of benzene rings is 1. The Bertz CT molecular complexity index is 817. The second-order valence-corrected chi connectivity index (χ2v) is 6.53. The van der Waals surface area contributed by atoms with Crippen LogP contribution in [0.15, 0.2) is 41.5 Å². The summed E-state index contributed by atoms with van der Waals surface area (Å²) in [4.78, 5) is 20.6. The van der Waals surface area contributed by atoms with E-state index < -0.39 is 0 Å². The van der Waals surface area contributed by atoms with Gasteiger partial charge in [0.25, 0.3) is 5.91 Å². The van der Waals surface area contributed by atoms with Gasteiger partial charge in [0.05, 0.1) is 0 Å². The highest BCUT2D eigenvalue weighted by molar-refractivity contribution is 14.0. The van der Waals surface area contributed by atoms with Gasteiger partial charge in [-0.3, -0.25) is 9.79 Å². The molecule has 9 heteroatoms. The molecule has 6 nitrogen and oxygen atoms in total. The summed E-state index contributed by atoms with van der Waals surface area (Å²) in [5.74, 6) is -0.0267. The summed E-state index contributed by atoms with van der Waals surface area (Å²) in [6, 6.07) is 8.13. The molecule has 1 heterocycles. The average Bonchev–Trinajstić information content (AvgIpc) is 2.68. The molecule has 0 fully saturated rings. The van der Waals surface area contributed by atoms with Crippen molar-refractivity contribution in [3.8, 4) is 0 Å². The molecule has 0 bridgehead atoms. The van der Waals surface area contributed by atoms with Crippen LogP contribution in [0.25, 0.3) is 0 Å². The van der Waals surface area contributed by atoms with E-state index in [9.17, 15) is 9.18 Å². The lowest BCUT2D eigenvalue weighted by molar-refractivity contribution is 0.0954. The van der Waals surface area contributed by atoms with Gasteiger partial charge in [-0.1, -0.05) is 23.7 Å². The van der Waals surface area contributed by atoms with Crippen LogP contribution in [0.4, 0.5) is 4.39 Å². The monoisotopic (exact) mass is 533 g/mol. The van der Waals surface area contributed by atoms with Crippen LogP contribution in [-0.4, -0.2) is 43.0 Å². The third-order valence-electron chi connectivity index (χ3n) is 3.94. The minimum Gasteiger partial charge on any atom is -0.357 e. The van der Waals surface area contributed by atoms with Crippen LogP contribution in [0.2, 0.25) is 5.15 Å². The van der Waals surface area contributed by atoms with Crippen LogP contribution in [0.3, 0.4) is 0 Å². The molecule has 0 aliphatic carbocycles. The van der Waals surface area contributed by atoms with Gasteiger partial charge in [0, 0.05) is 37.9 Å². The lowest BCUT2D eigenvalue weighted by Crippen LogP contribution is -2.41. The minimum atomic E-state index is -0.386. The molecule has 2 rings (SSSR count). The Morgan fingerprint density at radius 1 is 1.17 bits per heavy atom. The van der Waals surface area contributed by atoms with Gasteiger partial charge in [-0.25, -0.2) is 9.37 Å². The summed E-state index contributed by atoms with van der Waals surface area (Å²) in [6.07, 6.45) is 2.48. The second kappa shape index (κ2) is 13.3. The van der Waals surface area contributed by atoms with Gasteiger partial charge in [-0.2, -0.15) is 0 Å². The fraction of sp³-hybridized carbons (Fsp3) is 0.350. The maximum atomic E-state index is 13.6. The lowest BCUT2D eigenvalue weighted by atomic mass is 10.1. The molecule has 158 valence electrons. The zero-order valence-corrected chi connectivity index (χ0v) is 19.6. The van der Waals surface area contributed by atoms with Gasteiger partial charge in [0.15, 0.2) is 5.96 Å². The van der Waals surface area contributed by atoms with E-state index in [1.807, 2.05) is 13.0 Å². The topological polar surface area (TPSA) is 78.4 Å².